The van der Waals surface area contributed by atoms with Crippen LogP contribution >= 0.6 is 34.5 Å². The largest absolute Gasteiger partial charge is 0.350 e. The highest BCUT2D eigenvalue weighted by atomic mass is 35.5. The molecule has 0 aliphatic carbocycles. The van der Waals surface area contributed by atoms with Gasteiger partial charge in [0.05, 0.1) is 5.57 Å². The van der Waals surface area contributed by atoms with Crippen LogP contribution in [0.3, 0.4) is 0 Å². The number of hydrogen-bond acceptors (Lipinski definition) is 4. The molecule has 0 fully saturated rings. The number of thiophene rings is 1. The molecule has 3 aromatic rings. The van der Waals surface area contributed by atoms with Gasteiger partial charge in [-0.15, -0.1) is 11.3 Å². The Morgan fingerprint density at radius 3 is 2.40 bits per heavy atom. The van der Waals surface area contributed by atoms with Gasteiger partial charge in [0.1, 0.15) is 5.70 Å². The van der Waals surface area contributed by atoms with Gasteiger partial charge in [-0.05, 0) is 60.2 Å². The van der Waals surface area contributed by atoms with E-state index in [-0.39, 0.29) is 24.1 Å². The maximum Gasteiger partial charge on any atom is 0.278 e. The third kappa shape index (κ3) is 4.15. The van der Waals surface area contributed by atoms with E-state index in [1.807, 2.05) is 42.6 Å². The quantitative estimate of drug-likeness (QED) is 0.476. The van der Waals surface area contributed by atoms with Crippen molar-refractivity contribution in [3.05, 3.63) is 91.7 Å². The third-order valence-corrected chi connectivity index (χ3v) is 6.31. The first-order chi connectivity index (χ1) is 14.4. The number of benzene rings is 2. The number of carbonyl (C=O) groups excluding carboxylic acids is 2. The van der Waals surface area contributed by atoms with Crippen LogP contribution in [0.5, 0.6) is 0 Å². The summed E-state index contributed by atoms with van der Waals surface area (Å²) in [5.41, 5.74) is 3.31. The van der Waals surface area contributed by atoms with E-state index in [0.717, 1.165) is 16.0 Å². The molecular weight excluding hydrogens is 439 g/mol. The molecule has 1 aromatic heterocycles. The topological polar surface area (TPSA) is 49.4 Å². The SMILES string of the molecule is Cc1ccc(Cl)cc1NC1=C(c2cccs2)C(=O)N(CCc2ccc(Cl)cc2)C1=O. The van der Waals surface area contributed by atoms with Crippen molar-refractivity contribution in [2.75, 3.05) is 11.9 Å². The number of nitrogens with zero attached hydrogens (tertiary/aromatic N) is 1. The minimum Gasteiger partial charge on any atom is -0.350 e. The molecule has 0 radical (unpaired) electrons. The lowest BCUT2D eigenvalue weighted by Gasteiger charge is -2.16. The van der Waals surface area contributed by atoms with Crippen molar-refractivity contribution < 1.29 is 9.59 Å². The molecular formula is C23H18Cl2N2O2S. The summed E-state index contributed by atoms with van der Waals surface area (Å²) >= 11 is 13.5. The maximum atomic E-state index is 13.2. The molecule has 0 atom stereocenters. The van der Waals surface area contributed by atoms with Crippen LogP contribution in [0, 0.1) is 6.92 Å². The number of anilines is 1. The Morgan fingerprint density at radius 1 is 0.967 bits per heavy atom. The van der Waals surface area contributed by atoms with Gasteiger partial charge >= 0.3 is 0 Å². The molecule has 1 N–H and O–H groups in total. The van der Waals surface area contributed by atoms with Crippen LogP contribution in [0.2, 0.25) is 10.0 Å². The fraction of sp³-hybridized carbons (Fsp3) is 0.130. The van der Waals surface area contributed by atoms with Gasteiger partial charge in [-0.2, -0.15) is 0 Å². The van der Waals surface area contributed by atoms with Gasteiger partial charge in [0.2, 0.25) is 0 Å². The van der Waals surface area contributed by atoms with Crippen molar-refractivity contribution in [1.29, 1.82) is 0 Å². The minimum atomic E-state index is -0.336. The highest BCUT2D eigenvalue weighted by molar-refractivity contribution is 7.11. The summed E-state index contributed by atoms with van der Waals surface area (Å²) in [6.45, 7) is 2.21. The van der Waals surface area contributed by atoms with Crippen LogP contribution in [0.25, 0.3) is 5.57 Å². The molecule has 0 saturated carbocycles. The maximum absolute atomic E-state index is 13.2. The van der Waals surface area contributed by atoms with Gasteiger partial charge in [-0.25, -0.2) is 0 Å². The van der Waals surface area contributed by atoms with Gasteiger partial charge in [0.15, 0.2) is 0 Å². The highest BCUT2D eigenvalue weighted by Crippen LogP contribution is 2.34. The fourth-order valence-corrected chi connectivity index (χ4v) is 4.37. The van der Waals surface area contributed by atoms with E-state index in [1.165, 1.54) is 16.2 Å². The Hall–Kier alpha value is -2.60. The number of amides is 2. The molecule has 0 spiro atoms. The zero-order valence-electron chi connectivity index (χ0n) is 16.1. The molecule has 2 heterocycles. The lowest BCUT2D eigenvalue weighted by Crippen LogP contribution is -2.34. The second-order valence-electron chi connectivity index (χ2n) is 6.95. The summed E-state index contributed by atoms with van der Waals surface area (Å²) in [7, 11) is 0. The molecule has 7 heteroatoms. The van der Waals surface area contributed by atoms with Crippen molar-refractivity contribution in [3.8, 4) is 0 Å². The fourth-order valence-electron chi connectivity index (χ4n) is 3.30. The average molecular weight is 457 g/mol. The highest BCUT2D eigenvalue weighted by Gasteiger charge is 2.39. The van der Waals surface area contributed by atoms with Crippen LogP contribution in [-0.2, 0) is 16.0 Å². The third-order valence-electron chi connectivity index (χ3n) is 4.93. The second kappa shape index (κ2) is 8.64. The predicted octanol–water partition coefficient (Wildman–Crippen LogP) is 5.80. The normalized spacial score (nSPS) is 14.0. The summed E-state index contributed by atoms with van der Waals surface area (Å²) < 4.78 is 0. The van der Waals surface area contributed by atoms with Gasteiger partial charge < -0.3 is 5.32 Å². The van der Waals surface area contributed by atoms with E-state index in [0.29, 0.717) is 27.7 Å². The van der Waals surface area contributed by atoms with Gasteiger partial charge in [-0.3, -0.25) is 14.5 Å². The molecule has 30 heavy (non-hydrogen) atoms. The van der Waals surface area contributed by atoms with Crippen molar-refractivity contribution in [2.45, 2.75) is 13.3 Å². The van der Waals surface area contributed by atoms with Gasteiger partial charge in [-0.1, -0.05) is 47.5 Å². The number of carbonyl (C=O) groups is 2. The van der Waals surface area contributed by atoms with E-state index in [4.69, 9.17) is 23.2 Å². The summed E-state index contributed by atoms with van der Waals surface area (Å²) in [6.07, 6.45) is 0.551. The van der Waals surface area contributed by atoms with Crippen LogP contribution in [-0.4, -0.2) is 23.3 Å². The summed E-state index contributed by atoms with van der Waals surface area (Å²) in [5.74, 6) is -0.629. The van der Waals surface area contributed by atoms with Crippen LogP contribution in [0.1, 0.15) is 16.0 Å². The zero-order chi connectivity index (χ0) is 21.3. The minimum absolute atomic E-state index is 0.281. The van der Waals surface area contributed by atoms with E-state index in [9.17, 15) is 9.59 Å². The van der Waals surface area contributed by atoms with E-state index >= 15 is 0 Å². The van der Waals surface area contributed by atoms with E-state index in [2.05, 4.69) is 5.32 Å². The number of imide groups is 1. The molecule has 2 amide bonds. The van der Waals surface area contributed by atoms with Crippen molar-refractivity contribution in [1.82, 2.24) is 4.90 Å². The number of aryl methyl sites for hydroxylation is 1. The first-order valence-corrected chi connectivity index (χ1v) is 11.0. The molecule has 4 rings (SSSR count). The molecule has 152 valence electrons. The molecule has 1 aliphatic rings. The number of nitrogens with one attached hydrogen (secondary N) is 1. The molecule has 0 saturated heterocycles. The monoisotopic (exact) mass is 456 g/mol. The Bertz CT molecular complexity index is 1140. The van der Waals surface area contributed by atoms with Gasteiger partial charge in [0, 0.05) is 27.2 Å². The summed E-state index contributed by atoms with van der Waals surface area (Å²) in [5, 5.41) is 6.27. The Morgan fingerprint density at radius 2 is 1.70 bits per heavy atom. The Labute approximate surface area is 188 Å². The van der Waals surface area contributed by atoms with E-state index in [1.54, 1.807) is 24.3 Å². The molecule has 2 aromatic carbocycles. The Balaban J connectivity index is 1.64. The predicted molar refractivity (Wildman–Crippen MR) is 123 cm³/mol. The van der Waals surface area contributed by atoms with Crippen LogP contribution in [0.4, 0.5) is 5.69 Å². The van der Waals surface area contributed by atoms with Crippen molar-refractivity contribution in [3.63, 3.8) is 0 Å². The van der Waals surface area contributed by atoms with E-state index < -0.39 is 0 Å². The molecule has 1 aliphatic heterocycles. The van der Waals surface area contributed by atoms with Gasteiger partial charge in [0.25, 0.3) is 11.8 Å². The lowest BCUT2D eigenvalue weighted by atomic mass is 10.1. The Kier molecular flexibility index (Phi) is 5.95. The zero-order valence-corrected chi connectivity index (χ0v) is 18.4. The average Bonchev–Trinajstić information content (AvgIpc) is 3.32. The first-order valence-electron chi connectivity index (χ1n) is 9.36. The summed E-state index contributed by atoms with van der Waals surface area (Å²) in [4.78, 5) is 28.5. The molecule has 0 unspecified atom stereocenters. The standard InChI is InChI=1S/C23H18Cl2N2O2S/c1-14-4-7-17(25)13-18(14)26-21-20(19-3-2-12-30-19)22(28)27(23(21)29)11-10-15-5-8-16(24)9-6-15/h2-9,12-13,26H,10-11H2,1H3. The molecule has 0 bridgehead atoms. The number of hydrogen-bond donors (Lipinski definition) is 1. The second-order valence-corrected chi connectivity index (χ2v) is 8.77. The lowest BCUT2D eigenvalue weighted by molar-refractivity contribution is -0.136. The van der Waals surface area contributed by atoms with Crippen molar-refractivity contribution >= 4 is 57.6 Å². The summed E-state index contributed by atoms with van der Waals surface area (Å²) in [6, 6.07) is 16.5. The smallest absolute Gasteiger partial charge is 0.278 e. The van der Waals surface area contributed by atoms with Crippen LogP contribution < -0.4 is 5.32 Å². The molecule has 4 nitrogen and oxygen atoms in total. The number of rotatable bonds is 6. The number of halogens is 2. The van der Waals surface area contributed by atoms with Crippen molar-refractivity contribution in [2.24, 2.45) is 0 Å². The first kappa shape index (κ1) is 20.7. The van der Waals surface area contributed by atoms with Crippen LogP contribution in [0.15, 0.2) is 65.7 Å².